The molecule has 0 saturated carbocycles. The minimum absolute atomic E-state index is 0.131. The molecule has 32 heavy (non-hydrogen) atoms. The molecule has 0 unspecified atom stereocenters. The molecule has 5 aromatic carbocycles. The predicted octanol–water partition coefficient (Wildman–Crippen LogP) is 4.05. The van der Waals surface area contributed by atoms with Gasteiger partial charge in [0.05, 0.1) is 11.9 Å². The van der Waals surface area contributed by atoms with Crippen LogP contribution in [0.25, 0.3) is 43.8 Å². The fourth-order valence-electron chi connectivity index (χ4n) is 4.30. The molecule has 0 radical (unpaired) electrons. The van der Waals surface area contributed by atoms with E-state index in [9.17, 15) is 19.8 Å². The number of benzene rings is 5. The third-order valence-corrected chi connectivity index (χ3v) is 5.75. The number of hydrogen-bond acceptors (Lipinski definition) is 4. The molecule has 0 heterocycles. The van der Waals surface area contributed by atoms with Gasteiger partial charge in [-0.3, -0.25) is 0 Å². The molecule has 0 aliphatic heterocycles. The second-order valence-electron chi connectivity index (χ2n) is 7.57. The van der Waals surface area contributed by atoms with Gasteiger partial charge in [0.1, 0.15) is 0 Å². The van der Waals surface area contributed by atoms with E-state index in [1.165, 1.54) is 0 Å². The van der Waals surface area contributed by atoms with E-state index in [-0.39, 0.29) is 11.1 Å². The Morgan fingerprint density at radius 1 is 0.438 bits per heavy atom. The summed E-state index contributed by atoms with van der Waals surface area (Å²) in [5.74, 6) is -2.41. The van der Waals surface area contributed by atoms with E-state index in [0.717, 1.165) is 43.8 Å². The lowest BCUT2D eigenvalue weighted by Gasteiger charge is -2.18. The summed E-state index contributed by atoms with van der Waals surface area (Å²) in [5, 5.41) is 26.5. The summed E-state index contributed by atoms with van der Waals surface area (Å²) in [6.07, 6.45) is 0. The molecule has 0 amide bonds. The summed E-state index contributed by atoms with van der Waals surface area (Å²) < 4.78 is 0. The van der Waals surface area contributed by atoms with Crippen LogP contribution in [0.5, 0.6) is 0 Å². The maximum Gasteiger partial charge on any atom is 0.0715 e. The Kier molecular flexibility index (Phi) is 4.68. The maximum atomic E-state index is 11.2. The SMILES string of the molecule is O=C([O-])c1ccc(-c2c3ccccc3c(-c3ccc(C(=O)[O-])cc3)c3ccccc23)cc1. The van der Waals surface area contributed by atoms with Crippen LogP contribution >= 0.6 is 0 Å². The van der Waals surface area contributed by atoms with Crippen molar-refractivity contribution >= 4 is 33.5 Å². The van der Waals surface area contributed by atoms with E-state index < -0.39 is 11.9 Å². The average Bonchev–Trinajstić information content (AvgIpc) is 2.82. The lowest BCUT2D eigenvalue weighted by atomic mass is 9.86. The Hall–Kier alpha value is -4.44. The lowest BCUT2D eigenvalue weighted by molar-refractivity contribution is -0.256. The minimum atomic E-state index is -1.21. The van der Waals surface area contributed by atoms with Crippen molar-refractivity contribution in [2.24, 2.45) is 0 Å². The molecule has 0 aromatic heterocycles. The third-order valence-electron chi connectivity index (χ3n) is 5.75. The molecular formula is C28H16O4-2. The van der Waals surface area contributed by atoms with E-state index in [4.69, 9.17) is 0 Å². The fraction of sp³-hybridized carbons (Fsp3) is 0. The lowest BCUT2D eigenvalue weighted by Crippen LogP contribution is -2.21. The van der Waals surface area contributed by atoms with Crippen molar-refractivity contribution in [3.8, 4) is 22.3 Å². The summed E-state index contributed by atoms with van der Waals surface area (Å²) in [4.78, 5) is 22.4. The molecule has 0 aliphatic rings. The molecule has 0 saturated heterocycles. The zero-order chi connectivity index (χ0) is 22.2. The molecule has 0 bridgehead atoms. The highest BCUT2D eigenvalue weighted by Gasteiger charge is 2.16. The molecule has 154 valence electrons. The van der Waals surface area contributed by atoms with Crippen LogP contribution in [-0.2, 0) is 0 Å². The molecule has 4 nitrogen and oxygen atoms in total. The van der Waals surface area contributed by atoms with Gasteiger partial charge in [0, 0.05) is 0 Å². The Labute approximate surface area is 184 Å². The first-order chi connectivity index (χ1) is 15.5. The molecule has 5 rings (SSSR count). The molecule has 0 aliphatic carbocycles. The quantitative estimate of drug-likeness (QED) is 0.414. The van der Waals surface area contributed by atoms with Crippen molar-refractivity contribution in [1.29, 1.82) is 0 Å². The van der Waals surface area contributed by atoms with Crippen molar-refractivity contribution < 1.29 is 19.8 Å². The highest BCUT2D eigenvalue weighted by Crippen LogP contribution is 2.43. The molecular weight excluding hydrogens is 400 g/mol. The summed E-state index contributed by atoms with van der Waals surface area (Å²) in [5.41, 5.74) is 4.09. The van der Waals surface area contributed by atoms with E-state index in [1.807, 2.05) is 48.5 Å². The van der Waals surface area contributed by atoms with Crippen LogP contribution in [-0.4, -0.2) is 11.9 Å². The molecule has 0 fully saturated rings. The summed E-state index contributed by atoms with van der Waals surface area (Å²) in [6, 6.07) is 29.5. The number of fused-ring (bicyclic) bond motifs is 2. The Morgan fingerprint density at radius 3 is 0.969 bits per heavy atom. The van der Waals surface area contributed by atoms with Gasteiger partial charge in [0.15, 0.2) is 0 Å². The number of aromatic carboxylic acids is 2. The highest BCUT2D eigenvalue weighted by molar-refractivity contribution is 6.21. The monoisotopic (exact) mass is 416 g/mol. The zero-order valence-corrected chi connectivity index (χ0v) is 16.9. The number of rotatable bonds is 4. The first-order valence-corrected chi connectivity index (χ1v) is 10.1. The van der Waals surface area contributed by atoms with Crippen LogP contribution in [0.4, 0.5) is 0 Å². The summed E-state index contributed by atoms with van der Waals surface area (Å²) in [7, 11) is 0. The van der Waals surface area contributed by atoms with Gasteiger partial charge in [0.2, 0.25) is 0 Å². The second kappa shape index (κ2) is 7.67. The van der Waals surface area contributed by atoms with Crippen molar-refractivity contribution in [1.82, 2.24) is 0 Å². The van der Waals surface area contributed by atoms with Gasteiger partial charge in [-0.2, -0.15) is 0 Å². The Bertz CT molecular complexity index is 1320. The van der Waals surface area contributed by atoms with Crippen LogP contribution in [0.15, 0.2) is 97.1 Å². The van der Waals surface area contributed by atoms with Gasteiger partial charge < -0.3 is 19.8 Å². The fourth-order valence-corrected chi connectivity index (χ4v) is 4.30. The van der Waals surface area contributed by atoms with Gasteiger partial charge in [-0.15, -0.1) is 0 Å². The third kappa shape index (κ3) is 3.19. The van der Waals surface area contributed by atoms with Crippen LogP contribution < -0.4 is 10.2 Å². The van der Waals surface area contributed by atoms with Crippen LogP contribution in [0.2, 0.25) is 0 Å². The molecule has 4 heteroatoms. The molecule has 0 spiro atoms. The standard InChI is InChI=1S/C28H18O4/c29-27(30)19-13-9-17(10-14-19)25-21-5-1-2-6-22(21)26(24-8-4-3-7-23(24)25)18-11-15-20(16-12-18)28(31)32/h1-16H,(H,29,30)(H,31,32)/p-2. The van der Waals surface area contributed by atoms with Gasteiger partial charge in [0.25, 0.3) is 0 Å². The predicted molar refractivity (Wildman–Crippen MR) is 121 cm³/mol. The summed E-state index contributed by atoms with van der Waals surface area (Å²) in [6.45, 7) is 0. The van der Waals surface area contributed by atoms with Crippen molar-refractivity contribution in [2.75, 3.05) is 0 Å². The van der Waals surface area contributed by atoms with Crippen LogP contribution in [0, 0.1) is 0 Å². The smallest absolute Gasteiger partial charge is 0.0715 e. The maximum absolute atomic E-state index is 11.2. The molecule has 0 N–H and O–H groups in total. The normalized spacial score (nSPS) is 11.0. The van der Waals surface area contributed by atoms with Crippen LogP contribution in [0.1, 0.15) is 20.7 Å². The number of carbonyl (C=O) groups excluding carboxylic acids is 2. The topological polar surface area (TPSA) is 80.3 Å². The van der Waals surface area contributed by atoms with Crippen molar-refractivity contribution in [3.05, 3.63) is 108 Å². The number of hydrogen-bond donors (Lipinski definition) is 0. The number of carbonyl (C=O) groups is 2. The molecule has 0 atom stereocenters. The second-order valence-corrected chi connectivity index (χ2v) is 7.57. The van der Waals surface area contributed by atoms with Gasteiger partial charge in [-0.05, 0) is 54.9 Å². The number of carboxylic acids is 2. The Balaban J connectivity index is 1.85. The zero-order valence-electron chi connectivity index (χ0n) is 16.9. The van der Waals surface area contributed by atoms with E-state index in [0.29, 0.717) is 0 Å². The van der Waals surface area contributed by atoms with Gasteiger partial charge in [-0.1, -0.05) is 97.1 Å². The first-order valence-electron chi connectivity index (χ1n) is 10.1. The van der Waals surface area contributed by atoms with E-state index >= 15 is 0 Å². The van der Waals surface area contributed by atoms with Gasteiger partial charge in [-0.25, -0.2) is 0 Å². The van der Waals surface area contributed by atoms with Crippen LogP contribution in [0.3, 0.4) is 0 Å². The van der Waals surface area contributed by atoms with Gasteiger partial charge >= 0.3 is 0 Å². The Morgan fingerprint density at radius 2 is 0.719 bits per heavy atom. The largest absolute Gasteiger partial charge is 0.545 e. The van der Waals surface area contributed by atoms with E-state index in [2.05, 4.69) is 0 Å². The summed E-state index contributed by atoms with van der Waals surface area (Å²) >= 11 is 0. The minimum Gasteiger partial charge on any atom is -0.545 e. The number of carboxylic acid groups (broad SMARTS) is 2. The molecule has 5 aromatic rings. The van der Waals surface area contributed by atoms with Crippen molar-refractivity contribution in [2.45, 2.75) is 0 Å². The average molecular weight is 416 g/mol. The first kappa shape index (κ1) is 19.5. The highest BCUT2D eigenvalue weighted by atomic mass is 16.4. The van der Waals surface area contributed by atoms with Crippen molar-refractivity contribution in [3.63, 3.8) is 0 Å². The van der Waals surface area contributed by atoms with E-state index in [1.54, 1.807) is 48.5 Å².